The van der Waals surface area contributed by atoms with Crippen molar-refractivity contribution in [3.63, 3.8) is 0 Å². The van der Waals surface area contributed by atoms with Crippen LogP contribution in [0.1, 0.15) is 26.2 Å². The summed E-state index contributed by atoms with van der Waals surface area (Å²) in [7, 11) is 0. The van der Waals surface area contributed by atoms with Crippen LogP contribution >= 0.6 is 11.3 Å². The molecular formula is C15H17N3O3S. The Labute approximate surface area is 131 Å². The highest BCUT2D eigenvalue weighted by molar-refractivity contribution is 7.13. The molecule has 1 aliphatic carbocycles. The standard InChI is InChI=1S/C15H17N3O3S/c1-2-17(11-6-3-4-7-11)13(19)10-18-15(20)21-14(16-18)12-8-5-9-22-12/h5-6,8-9H,2-4,7,10H2,1H3. The molecular weight excluding hydrogens is 302 g/mol. The molecule has 1 aliphatic rings. The SMILES string of the molecule is CCN(C(=O)Cn1nc(-c2cccs2)oc1=O)C1=CCCC1. The van der Waals surface area contributed by atoms with Crippen molar-refractivity contribution in [2.24, 2.45) is 0 Å². The second-order valence-corrected chi connectivity index (χ2v) is 5.98. The summed E-state index contributed by atoms with van der Waals surface area (Å²) in [6.07, 6.45) is 5.08. The fraction of sp³-hybridized carbons (Fsp3) is 0.400. The molecule has 7 heteroatoms. The van der Waals surface area contributed by atoms with E-state index in [9.17, 15) is 9.59 Å². The van der Waals surface area contributed by atoms with Gasteiger partial charge in [0.25, 0.3) is 5.89 Å². The van der Waals surface area contributed by atoms with Gasteiger partial charge in [0.05, 0.1) is 4.88 Å². The molecule has 0 fully saturated rings. The van der Waals surface area contributed by atoms with E-state index in [-0.39, 0.29) is 18.3 Å². The van der Waals surface area contributed by atoms with Crippen molar-refractivity contribution in [1.29, 1.82) is 0 Å². The summed E-state index contributed by atoms with van der Waals surface area (Å²) in [6, 6.07) is 3.68. The van der Waals surface area contributed by atoms with Crippen molar-refractivity contribution in [3.05, 3.63) is 39.8 Å². The van der Waals surface area contributed by atoms with E-state index in [1.807, 2.05) is 24.4 Å². The number of hydrogen-bond donors (Lipinski definition) is 0. The number of nitrogens with zero attached hydrogens (tertiary/aromatic N) is 3. The van der Waals surface area contributed by atoms with Crippen molar-refractivity contribution >= 4 is 17.2 Å². The summed E-state index contributed by atoms with van der Waals surface area (Å²) in [5.74, 6) is -0.479. The maximum Gasteiger partial charge on any atom is 0.437 e. The van der Waals surface area contributed by atoms with Crippen LogP contribution in [0.3, 0.4) is 0 Å². The van der Waals surface area contributed by atoms with Gasteiger partial charge in [-0.15, -0.1) is 16.4 Å². The van der Waals surface area contributed by atoms with Gasteiger partial charge in [0.2, 0.25) is 5.91 Å². The second kappa shape index (κ2) is 6.31. The summed E-state index contributed by atoms with van der Waals surface area (Å²) < 4.78 is 6.21. The van der Waals surface area contributed by atoms with Gasteiger partial charge in [-0.3, -0.25) is 4.79 Å². The Morgan fingerprint density at radius 1 is 1.55 bits per heavy atom. The zero-order valence-electron chi connectivity index (χ0n) is 12.3. The van der Waals surface area contributed by atoms with Crippen LogP contribution in [0.5, 0.6) is 0 Å². The number of likely N-dealkylation sites (N-methyl/N-ethyl adjacent to an activating group) is 1. The molecule has 0 aliphatic heterocycles. The van der Waals surface area contributed by atoms with Crippen LogP contribution in [0.2, 0.25) is 0 Å². The zero-order chi connectivity index (χ0) is 15.5. The molecule has 2 aromatic heterocycles. The molecule has 1 amide bonds. The average molecular weight is 319 g/mol. The Morgan fingerprint density at radius 2 is 2.41 bits per heavy atom. The van der Waals surface area contributed by atoms with Crippen molar-refractivity contribution in [2.75, 3.05) is 6.54 Å². The summed E-state index contributed by atoms with van der Waals surface area (Å²) in [6.45, 7) is 2.42. The topological polar surface area (TPSA) is 68.3 Å². The Morgan fingerprint density at radius 3 is 3.05 bits per heavy atom. The Bertz CT molecular complexity index is 742. The fourth-order valence-electron chi connectivity index (χ4n) is 2.56. The molecule has 6 nitrogen and oxygen atoms in total. The fourth-order valence-corrected chi connectivity index (χ4v) is 3.20. The number of allylic oxidation sites excluding steroid dienone is 2. The van der Waals surface area contributed by atoms with E-state index in [0.717, 1.165) is 34.5 Å². The maximum atomic E-state index is 12.4. The molecule has 0 radical (unpaired) electrons. The number of rotatable bonds is 5. The first-order chi connectivity index (χ1) is 10.7. The van der Waals surface area contributed by atoms with Crippen molar-refractivity contribution in [2.45, 2.75) is 32.7 Å². The molecule has 3 rings (SSSR count). The lowest BCUT2D eigenvalue weighted by Crippen LogP contribution is -2.35. The van der Waals surface area contributed by atoms with Crippen LogP contribution in [-0.2, 0) is 11.3 Å². The van der Waals surface area contributed by atoms with Gasteiger partial charge >= 0.3 is 5.76 Å². The van der Waals surface area contributed by atoms with E-state index in [2.05, 4.69) is 11.2 Å². The Kier molecular flexibility index (Phi) is 4.24. The summed E-state index contributed by atoms with van der Waals surface area (Å²) >= 11 is 1.44. The minimum Gasteiger partial charge on any atom is -0.387 e. The summed E-state index contributed by atoms with van der Waals surface area (Å²) in [5.41, 5.74) is 1.04. The number of carbonyl (C=O) groups is 1. The smallest absolute Gasteiger partial charge is 0.387 e. The number of hydrogen-bond acceptors (Lipinski definition) is 5. The third-order valence-corrected chi connectivity index (χ3v) is 4.46. The highest BCUT2D eigenvalue weighted by Gasteiger charge is 2.21. The van der Waals surface area contributed by atoms with Gasteiger partial charge in [0, 0.05) is 12.2 Å². The third-order valence-electron chi connectivity index (χ3n) is 3.60. The van der Waals surface area contributed by atoms with Gasteiger partial charge in [-0.1, -0.05) is 12.1 Å². The van der Waals surface area contributed by atoms with Crippen LogP contribution in [0.15, 0.2) is 38.5 Å². The van der Waals surface area contributed by atoms with E-state index >= 15 is 0 Å². The lowest BCUT2D eigenvalue weighted by Gasteiger charge is -2.21. The van der Waals surface area contributed by atoms with Gasteiger partial charge in [-0.05, 0) is 37.6 Å². The summed E-state index contributed by atoms with van der Waals surface area (Å²) in [5, 5.41) is 6.00. The lowest BCUT2D eigenvalue weighted by molar-refractivity contribution is -0.130. The molecule has 0 unspecified atom stereocenters. The van der Waals surface area contributed by atoms with Gasteiger partial charge in [0.15, 0.2) is 0 Å². The molecule has 2 aromatic rings. The summed E-state index contributed by atoms with van der Waals surface area (Å²) in [4.78, 5) is 26.8. The Balaban J connectivity index is 1.78. The first-order valence-electron chi connectivity index (χ1n) is 7.30. The molecule has 0 spiro atoms. The van der Waals surface area contributed by atoms with E-state index in [1.165, 1.54) is 11.3 Å². The van der Waals surface area contributed by atoms with Gasteiger partial charge in [-0.25, -0.2) is 4.79 Å². The average Bonchev–Trinajstić information content (AvgIpc) is 3.22. The Hall–Kier alpha value is -2.15. The largest absolute Gasteiger partial charge is 0.437 e. The van der Waals surface area contributed by atoms with Gasteiger partial charge in [0.1, 0.15) is 6.54 Å². The number of thiophene rings is 1. The predicted octanol–water partition coefficient (Wildman–Crippen LogP) is 2.48. The van der Waals surface area contributed by atoms with Gasteiger partial charge in [-0.2, -0.15) is 4.68 Å². The molecule has 0 aromatic carbocycles. The van der Waals surface area contributed by atoms with E-state index in [1.54, 1.807) is 4.90 Å². The molecule has 22 heavy (non-hydrogen) atoms. The van der Waals surface area contributed by atoms with E-state index in [0.29, 0.717) is 6.54 Å². The quantitative estimate of drug-likeness (QED) is 0.849. The van der Waals surface area contributed by atoms with Crippen LogP contribution in [0.4, 0.5) is 0 Å². The minimum absolute atomic E-state index is 0.0983. The second-order valence-electron chi connectivity index (χ2n) is 5.03. The molecule has 0 saturated heterocycles. The van der Waals surface area contributed by atoms with E-state index in [4.69, 9.17) is 4.42 Å². The normalized spacial score (nSPS) is 14.1. The minimum atomic E-state index is -0.604. The lowest BCUT2D eigenvalue weighted by atomic mass is 10.3. The van der Waals surface area contributed by atoms with Crippen LogP contribution in [-0.4, -0.2) is 27.1 Å². The monoisotopic (exact) mass is 319 g/mol. The molecule has 0 N–H and O–H groups in total. The van der Waals surface area contributed by atoms with Crippen molar-refractivity contribution in [1.82, 2.24) is 14.7 Å². The van der Waals surface area contributed by atoms with Crippen LogP contribution in [0, 0.1) is 0 Å². The third kappa shape index (κ3) is 2.89. The molecule has 0 atom stereocenters. The molecule has 0 bridgehead atoms. The zero-order valence-corrected chi connectivity index (χ0v) is 13.1. The van der Waals surface area contributed by atoms with Crippen molar-refractivity contribution in [3.8, 4) is 10.8 Å². The predicted molar refractivity (Wildman–Crippen MR) is 83.4 cm³/mol. The van der Waals surface area contributed by atoms with E-state index < -0.39 is 5.76 Å². The number of amides is 1. The van der Waals surface area contributed by atoms with Crippen LogP contribution in [0.25, 0.3) is 10.8 Å². The highest BCUT2D eigenvalue weighted by Crippen LogP contribution is 2.22. The number of carbonyl (C=O) groups excluding carboxylic acids is 1. The molecule has 2 heterocycles. The maximum absolute atomic E-state index is 12.4. The molecule has 116 valence electrons. The van der Waals surface area contributed by atoms with Gasteiger partial charge < -0.3 is 9.32 Å². The number of aromatic nitrogens is 2. The van der Waals surface area contributed by atoms with Crippen LogP contribution < -0.4 is 5.76 Å². The first kappa shape index (κ1) is 14.8. The highest BCUT2D eigenvalue weighted by atomic mass is 32.1. The first-order valence-corrected chi connectivity index (χ1v) is 8.18. The van der Waals surface area contributed by atoms with Crippen molar-refractivity contribution < 1.29 is 9.21 Å². The molecule has 0 saturated carbocycles.